The Balaban J connectivity index is 2.86. The first kappa shape index (κ1) is 15.2. The number of rotatable bonds is 11. The lowest BCUT2D eigenvalue weighted by atomic mass is 10.1. The summed E-state index contributed by atoms with van der Waals surface area (Å²) >= 11 is 0. The van der Waals surface area contributed by atoms with E-state index in [1.165, 1.54) is 72.5 Å². The van der Waals surface area contributed by atoms with Crippen molar-refractivity contribution < 1.29 is 0 Å². The first-order chi connectivity index (χ1) is 7.41. The minimum atomic E-state index is 1.36. The smallest absolute Gasteiger partial charge is 0.0250 e. The van der Waals surface area contributed by atoms with Crippen molar-refractivity contribution in [1.29, 1.82) is 0 Å². The summed E-state index contributed by atoms with van der Waals surface area (Å²) in [6.07, 6.45) is 16.5. The maximum Gasteiger partial charge on any atom is -0.0250 e. The summed E-state index contributed by atoms with van der Waals surface area (Å²) in [6, 6.07) is 0. The third-order valence-corrected chi connectivity index (χ3v) is 3.73. The summed E-state index contributed by atoms with van der Waals surface area (Å²) in [5.74, 6) is 2.25. The Morgan fingerprint density at radius 3 is 1.87 bits per heavy atom. The van der Waals surface area contributed by atoms with Crippen LogP contribution < -0.4 is 0 Å². The molecule has 0 nitrogen and oxygen atoms in total. The molecule has 0 saturated carbocycles. The lowest BCUT2D eigenvalue weighted by Gasteiger charge is -2.00. The van der Waals surface area contributed by atoms with Gasteiger partial charge in [-0.25, -0.2) is 0 Å². The predicted octanol–water partition coefficient (Wildman–Crippen LogP) is 6.00. The number of allylic oxidation sites excluding steroid dienone is 1. The highest BCUT2D eigenvalue weighted by molar-refractivity contribution is 7.41. The molecule has 0 aromatic heterocycles. The zero-order valence-corrected chi connectivity index (χ0v) is 11.6. The second-order valence-electron chi connectivity index (χ2n) is 4.22. The Kier molecular flexibility index (Phi) is 14.3. The van der Waals surface area contributed by atoms with Crippen molar-refractivity contribution in [2.75, 3.05) is 6.16 Å². The molecule has 0 saturated heterocycles. The fraction of sp³-hybridized carbons (Fsp3) is 0.857. The van der Waals surface area contributed by atoms with Gasteiger partial charge in [0.1, 0.15) is 0 Å². The van der Waals surface area contributed by atoms with E-state index in [1.54, 1.807) is 0 Å². The molecule has 0 aliphatic rings. The van der Waals surface area contributed by atoms with E-state index in [-0.39, 0.29) is 0 Å². The van der Waals surface area contributed by atoms with Gasteiger partial charge in [0.2, 0.25) is 0 Å². The standard InChI is InChI=1S/C14H28P/c1-3-5-6-7-8-9-10-11-12-14-15-13-4-2/h4,13H,3,5-12,14H2,1-2H3/b13-4-. The molecule has 0 bridgehead atoms. The van der Waals surface area contributed by atoms with Gasteiger partial charge < -0.3 is 0 Å². The molecule has 0 atom stereocenters. The van der Waals surface area contributed by atoms with E-state index in [9.17, 15) is 0 Å². The highest BCUT2D eigenvalue weighted by Crippen LogP contribution is 2.16. The predicted molar refractivity (Wildman–Crippen MR) is 73.8 cm³/mol. The Bertz CT molecular complexity index is 129. The van der Waals surface area contributed by atoms with Crippen LogP contribution in [0.3, 0.4) is 0 Å². The zero-order chi connectivity index (χ0) is 11.2. The van der Waals surface area contributed by atoms with Crippen LogP contribution in [0.15, 0.2) is 11.9 Å². The minimum absolute atomic E-state index is 1.36. The van der Waals surface area contributed by atoms with Gasteiger partial charge in [-0.1, -0.05) is 78.8 Å². The van der Waals surface area contributed by atoms with Gasteiger partial charge in [0.25, 0.3) is 0 Å². The SMILES string of the molecule is C/C=C\[P]CCCCCCCCCCC. The Morgan fingerprint density at radius 1 is 0.800 bits per heavy atom. The highest BCUT2D eigenvalue weighted by Gasteiger charge is 1.91. The second-order valence-corrected chi connectivity index (χ2v) is 5.33. The van der Waals surface area contributed by atoms with E-state index in [0.29, 0.717) is 0 Å². The molecule has 0 heterocycles. The van der Waals surface area contributed by atoms with Crippen LogP contribution >= 0.6 is 8.58 Å². The number of hydrogen-bond donors (Lipinski definition) is 0. The third-order valence-electron chi connectivity index (χ3n) is 2.65. The molecule has 89 valence electrons. The molecular formula is C14H28P. The summed E-state index contributed by atoms with van der Waals surface area (Å²) in [6.45, 7) is 4.38. The molecule has 1 radical (unpaired) electrons. The van der Waals surface area contributed by atoms with Gasteiger partial charge in [0, 0.05) is 0 Å². The van der Waals surface area contributed by atoms with Crippen LogP contribution in [0.5, 0.6) is 0 Å². The van der Waals surface area contributed by atoms with Crippen molar-refractivity contribution in [1.82, 2.24) is 0 Å². The molecule has 1 heteroatoms. The van der Waals surface area contributed by atoms with Crippen LogP contribution in [0.25, 0.3) is 0 Å². The van der Waals surface area contributed by atoms with Crippen LogP contribution in [-0.2, 0) is 0 Å². The molecule has 0 unspecified atom stereocenters. The molecule has 0 N–H and O–H groups in total. The zero-order valence-electron chi connectivity index (χ0n) is 10.7. The Hall–Kier alpha value is 0.170. The molecule has 0 fully saturated rings. The summed E-state index contributed by atoms with van der Waals surface area (Å²) in [5.41, 5.74) is 0. The van der Waals surface area contributed by atoms with Crippen molar-refractivity contribution in [3.63, 3.8) is 0 Å². The average Bonchev–Trinajstić information content (AvgIpc) is 2.26. The normalized spacial score (nSPS) is 12.1. The van der Waals surface area contributed by atoms with Gasteiger partial charge in [0.05, 0.1) is 0 Å². The first-order valence-electron chi connectivity index (χ1n) is 6.69. The van der Waals surface area contributed by atoms with E-state index in [4.69, 9.17) is 0 Å². The summed E-state index contributed by atoms with van der Waals surface area (Å²) in [4.78, 5) is 0. The average molecular weight is 227 g/mol. The third kappa shape index (κ3) is 14.2. The molecule has 0 aliphatic carbocycles. The van der Waals surface area contributed by atoms with Gasteiger partial charge in [-0.3, -0.25) is 0 Å². The number of hydrogen-bond acceptors (Lipinski definition) is 0. The van der Waals surface area contributed by atoms with Crippen molar-refractivity contribution >= 4 is 8.58 Å². The fourth-order valence-corrected chi connectivity index (χ4v) is 2.46. The van der Waals surface area contributed by atoms with E-state index in [0.717, 1.165) is 0 Å². The summed E-state index contributed by atoms with van der Waals surface area (Å²) in [5, 5.41) is 0. The highest BCUT2D eigenvalue weighted by atomic mass is 31.1. The van der Waals surface area contributed by atoms with Crippen molar-refractivity contribution in [3.05, 3.63) is 11.9 Å². The molecule has 0 spiro atoms. The summed E-state index contributed by atoms with van der Waals surface area (Å²) in [7, 11) is 1.51. The lowest BCUT2D eigenvalue weighted by Crippen LogP contribution is -1.81. The monoisotopic (exact) mass is 227 g/mol. The van der Waals surface area contributed by atoms with Crippen LogP contribution in [0, 0.1) is 0 Å². The van der Waals surface area contributed by atoms with E-state index in [2.05, 4.69) is 25.7 Å². The first-order valence-corrected chi connectivity index (χ1v) is 7.84. The second kappa shape index (κ2) is 14.2. The van der Waals surface area contributed by atoms with E-state index in [1.807, 2.05) is 0 Å². The molecular weight excluding hydrogens is 199 g/mol. The van der Waals surface area contributed by atoms with Crippen molar-refractivity contribution in [3.8, 4) is 0 Å². The minimum Gasteiger partial charge on any atom is -0.0868 e. The van der Waals surface area contributed by atoms with Crippen LogP contribution in [-0.4, -0.2) is 6.16 Å². The van der Waals surface area contributed by atoms with E-state index < -0.39 is 0 Å². The Labute approximate surface area is 98.7 Å². The van der Waals surface area contributed by atoms with Crippen LogP contribution in [0.1, 0.15) is 71.6 Å². The van der Waals surface area contributed by atoms with Crippen LogP contribution in [0.2, 0.25) is 0 Å². The molecule has 15 heavy (non-hydrogen) atoms. The van der Waals surface area contributed by atoms with E-state index >= 15 is 0 Å². The molecule has 0 amide bonds. The van der Waals surface area contributed by atoms with Crippen LogP contribution in [0.4, 0.5) is 0 Å². The Morgan fingerprint density at radius 2 is 1.33 bits per heavy atom. The largest absolute Gasteiger partial charge is 0.0868 e. The lowest BCUT2D eigenvalue weighted by molar-refractivity contribution is 0.573. The van der Waals surface area contributed by atoms with Gasteiger partial charge in [-0.15, -0.1) is 0 Å². The van der Waals surface area contributed by atoms with Gasteiger partial charge in [-0.2, -0.15) is 0 Å². The molecule has 0 rings (SSSR count). The molecule has 0 aromatic rings. The maximum atomic E-state index is 2.28. The van der Waals surface area contributed by atoms with Gasteiger partial charge in [0.15, 0.2) is 0 Å². The topological polar surface area (TPSA) is 0 Å². The quantitative estimate of drug-likeness (QED) is 0.300. The van der Waals surface area contributed by atoms with Gasteiger partial charge >= 0.3 is 0 Å². The fourth-order valence-electron chi connectivity index (χ4n) is 1.69. The number of unbranched alkanes of at least 4 members (excludes halogenated alkanes) is 8. The van der Waals surface area contributed by atoms with Crippen molar-refractivity contribution in [2.24, 2.45) is 0 Å². The maximum absolute atomic E-state index is 2.28. The van der Waals surface area contributed by atoms with Crippen molar-refractivity contribution in [2.45, 2.75) is 71.6 Å². The van der Waals surface area contributed by atoms with Gasteiger partial charge in [-0.05, 0) is 19.5 Å². The molecule has 0 aromatic carbocycles. The summed E-state index contributed by atoms with van der Waals surface area (Å²) < 4.78 is 0. The molecule has 0 aliphatic heterocycles.